The fourth-order valence-corrected chi connectivity index (χ4v) is 9.05. The maximum atomic E-state index is 14.9. The van der Waals surface area contributed by atoms with E-state index in [1.807, 2.05) is 12.1 Å². The number of carbonyl (C=O) groups is 4. The van der Waals surface area contributed by atoms with Crippen molar-refractivity contribution in [1.29, 1.82) is 0 Å². The fraction of sp³-hybridized carbons (Fsp3) is 0.263. The largest absolute Gasteiger partial charge is 0.481 e. The van der Waals surface area contributed by atoms with Crippen molar-refractivity contribution < 1.29 is 46.8 Å². The Hall–Kier alpha value is -5.06. The van der Waals surface area contributed by atoms with Crippen LogP contribution in [0.5, 0.6) is 5.75 Å². The highest BCUT2D eigenvalue weighted by Gasteiger charge is 2.46. The highest BCUT2D eigenvalue weighted by atomic mass is 31.2. The Morgan fingerprint density at radius 1 is 0.863 bits per heavy atom. The molecule has 0 aromatic heterocycles. The lowest BCUT2D eigenvalue weighted by molar-refractivity contribution is -0.142. The number of Topliss-reactive ketones (excluding diaryl/α,β-unsaturated/α-hetero) is 2. The minimum absolute atomic E-state index is 0. The topological polar surface area (TPSA) is 130 Å². The van der Waals surface area contributed by atoms with Crippen molar-refractivity contribution in [1.82, 2.24) is 5.09 Å². The van der Waals surface area contributed by atoms with E-state index in [0.717, 1.165) is 5.56 Å². The van der Waals surface area contributed by atoms with Crippen molar-refractivity contribution in [2.75, 3.05) is 11.5 Å². The molecule has 0 fully saturated rings. The molecule has 2 N–H and O–H groups in total. The third-order valence-electron chi connectivity index (χ3n) is 9.04. The van der Waals surface area contributed by atoms with Gasteiger partial charge >= 0.3 is 5.97 Å². The number of nitrogens with one attached hydrogen (secondary N) is 1. The van der Waals surface area contributed by atoms with Crippen LogP contribution >= 0.6 is 7.29 Å². The Kier molecular flexibility index (Phi) is 11.3. The number of carboxylic acids is 1. The summed E-state index contributed by atoms with van der Waals surface area (Å²) >= 11 is 0. The van der Waals surface area contributed by atoms with Gasteiger partial charge in [0.25, 0.3) is 0 Å². The number of para-hydroxylation sites is 1. The lowest BCUT2D eigenvalue weighted by Gasteiger charge is -2.31. The first-order chi connectivity index (χ1) is 24.0. The van der Waals surface area contributed by atoms with Gasteiger partial charge < -0.3 is 9.84 Å². The molecular formula is C38H36F3N2O7P. The summed E-state index contributed by atoms with van der Waals surface area (Å²) in [6, 6.07) is 22.0. The maximum absolute atomic E-state index is 14.9. The quantitative estimate of drug-likeness (QED) is 0.136. The first-order valence-electron chi connectivity index (χ1n) is 15.9. The summed E-state index contributed by atoms with van der Waals surface area (Å²) in [4.78, 5) is 54.7. The van der Waals surface area contributed by atoms with E-state index in [4.69, 9.17) is 4.74 Å². The molecule has 4 aromatic carbocycles. The van der Waals surface area contributed by atoms with Crippen LogP contribution in [0.25, 0.3) is 0 Å². The number of nitrogens with zero attached hydrogens (tertiary/aromatic N) is 1. The summed E-state index contributed by atoms with van der Waals surface area (Å²) in [7, 11) is -3.59. The summed E-state index contributed by atoms with van der Waals surface area (Å²) in [5.74, 6) is -10.4. The van der Waals surface area contributed by atoms with E-state index >= 15 is 0 Å². The molecule has 0 saturated carbocycles. The zero-order valence-electron chi connectivity index (χ0n) is 26.6. The van der Waals surface area contributed by atoms with Gasteiger partial charge in [0.15, 0.2) is 29.0 Å². The number of hydrogen-bond donors (Lipinski definition) is 2. The normalized spacial score (nSPS) is 17.2. The number of anilines is 1. The summed E-state index contributed by atoms with van der Waals surface area (Å²) in [6.07, 6.45) is -0.633. The standard InChI is InChI=1S/C37H32F3N2O7P.CH4/c38-27-15-16-28(39)36(34(27)40)49-21-32(44)24(20-33(45)46)19-31(43)30-18-23-9-7-8-22-14-17-29(37(47)42(30)35(22)23)41-50(48,25-10-3-1-4-11-25)26-12-5-2-6-13-26;/h1-13,15-16,24,29-30H,14,17-21H2,(H,41,48)(H,45,46);1H4/t24?,29-,30-;/m0./s1. The van der Waals surface area contributed by atoms with Crippen LogP contribution in [0.1, 0.15) is 37.8 Å². The van der Waals surface area contributed by atoms with Gasteiger partial charge in [-0.2, -0.15) is 4.39 Å². The van der Waals surface area contributed by atoms with E-state index in [1.54, 1.807) is 66.7 Å². The van der Waals surface area contributed by atoms with E-state index in [1.165, 1.54) is 4.90 Å². The van der Waals surface area contributed by atoms with Crippen molar-refractivity contribution >= 4 is 47.0 Å². The number of amides is 1. The number of benzene rings is 4. The number of carbonyl (C=O) groups excluding carboxylic acids is 3. The van der Waals surface area contributed by atoms with Crippen LogP contribution in [0.15, 0.2) is 91.0 Å². The van der Waals surface area contributed by atoms with Crippen LogP contribution in [-0.2, 0) is 36.6 Å². The van der Waals surface area contributed by atoms with Gasteiger partial charge in [0.05, 0.1) is 24.2 Å². The Morgan fingerprint density at radius 3 is 2.10 bits per heavy atom. The van der Waals surface area contributed by atoms with Gasteiger partial charge in [-0.15, -0.1) is 0 Å². The summed E-state index contributed by atoms with van der Waals surface area (Å²) < 4.78 is 61.7. The monoisotopic (exact) mass is 720 g/mol. The van der Waals surface area contributed by atoms with Gasteiger partial charge in [0, 0.05) is 29.4 Å². The van der Waals surface area contributed by atoms with E-state index in [0.29, 0.717) is 40.4 Å². The summed E-state index contributed by atoms with van der Waals surface area (Å²) in [5.41, 5.74) is 2.07. The molecule has 0 radical (unpaired) electrons. The third-order valence-corrected chi connectivity index (χ3v) is 11.8. The molecule has 2 heterocycles. The second-order valence-electron chi connectivity index (χ2n) is 12.2. The second-order valence-corrected chi connectivity index (χ2v) is 14.8. The molecule has 6 rings (SSSR count). The van der Waals surface area contributed by atoms with E-state index < -0.39 is 91.4 Å². The second kappa shape index (κ2) is 15.4. The molecule has 0 spiro atoms. The lowest BCUT2D eigenvalue weighted by Crippen LogP contribution is -2.52. The smallest absolute Gasteiger partial charge is 0.304 e. The molecule has 3 atom stereocenters. The SMILES string of the molecule is C.O=C(O)CC(CC(=O)[C@@H]1Cc2cccc3c2N1C(=O)[C@@H](NP(=O)(c1ccccc1)c1ccccc1)CC3)C(=O)COc1c(F)ccc(F)c1F. The Bertz CT molecular complexity index is 1970. The number of rotatable bonds is 13. The van der Waals surface area contributed by atoms with Crippen LogP contribution in [0.4, 0.5) is 18.9 Å². The van der Waals surface area contributed by atoms with Crippen molar-refractivity contribution in [3.8, 4) is 5.75 Å². The van der Waals surface area contributed by atoms with E-state index in [2.05, 4.69) is 5.09 Å². The first kappa shape index (κ1) is 37.2. The summed E-state index contributed by atoms with van der Waals surface area (Å²) in [6.45, 7) is -1.03. The number of aryl methyl sites for hydroxylation is 1. The molecule has 266 valence electrons. The predicted molar refractivity (Wildman–Crippen MR) is 185 cm³/mol. The molecule has 0 bridgehead atoms. The van der Waals surface area contributed by atoms with Crippen LogP contribution in [0, 0.1) is 23.4 Å². The van der Waals surface area contributed by atoms with Crippen LogP contribution in [0.3, 0.4) is 0 Å². The first-order valence-corrected chi connectivity index (χ1v) is 17.6. The van der Waals surface area contributed by atoms with Gasteiger partial charge in [0.1, 0.15) is 6.61 Å². The number of halogens is 3. The van der Waals surface area contributed by atoms with E-state index in [-0.39, 0.29) is 20.3 Å². The summed E-state index contributed by atoms with van der Waals surface area (Å²) in [5, 5.41) is 13.7. The Labute approximate surface area is 292 Å². The third kappa shape index (κ3) is 7.52. The van der Waals surface area contributed by atoms with E-state index in [9.17, 15) is 42.0 Å². The van der Waals surface area contributed by atoms with Gasteiger partial charge in [-0.1, -0.05) is 62.0 Å². The minimum atomic E-state index is -3.59. The average Bonchev–Trinajstić information content (AvgIpc) is 3.46. The molecule has 1 unspecified atom stereocenters. The molecular weight excluding hydrogens is 684 g/mol. The highest BCUT2D eigenvalue weighted by Crippen LogP contribution is 2.44. The number of hydrogen-bond acceptors (Lipinski definition) is 6. The van der Waals surface area contributed by atoms with Gasteiger partial charge in [0.2, 0.25) is 19.0 Å². The minimum Gasteiger partial charge on any atom is -0.481 e. The zero-order valence-corrected chi connectivity index (χ0v) is 27.5. The maximum Gasteiger partial charge on any atom is 0.304 e. The number of aliphatic carboxylic acids is 1. The highest BCUT2D eigenvalue weighted by molar-refractivity contribution is 7.77. The molecule has 4 aromatic rings. The zero-order chi connectivity index (χ0) is 35.6. The molecule has 0 aliphatic carbocycles. The average molecular weight is 721 g/mol. The molecule has 2 aliphatic rings. The lowest BCUT2D eigenvalue weighted by atomic mass is 9.90. The predicted octanol–water partition coefficient (Wildman–Crippen LogP) is 5.53. The Balaban J connectivity index is 0.00000504. The number of ketones is 2. The van der Waals surface area contributed by atoms with Crippen molar-refractivity contribution in [2.24, 2.45) is 5.92 Å². The van der Waals surface area contributed by atoms with Crippen LogP contribution in [0.2, 0.25) is 0 Å². The number of ether oxygens (including phenoxy) is 1. The van der Waals surface area contributed by atoms with Crippen molar-refractivity contribution in [2.45, 2.75) is 51.6 Å². The molecule has 13 heteroatoms. The molecule has 2 aliphatic heterocycles. The molecule has 1 amide bonds. The fourth-order valence-electron chi connectivity index (χ4n) is 6.59. The van der Waals surface area contributed by atoms with Crippen molar-refractivity contribution in [3.05, 3.63) is 120 Å². The van der Waals surface area contributed by atoms with Gasteiger partial charge in [-0.05, 0) is 60.4 Å². The van der Waals surface area contributed by atoms with Crippen LogP contribution < -0.4 is 25.3 Å². The molecule has 9 nitrogen and oxygen atoms in total. The van der Waals surface area contributed by atoms with Gasteiger partial charge in [-0.3, -0.25) is 28.6 Å². The molecule has 51 heavy (non-hydrogen) atoms. The van der Waals surface area contributed by atoms with Crippen molar-refractivity contribution in [3.63, 3.8) is 0 Å². The molecule has 0 saturated heterocycles. The van der Waals surface area contributed by atoms with Crippen LogP contribution in [-0.4, -0.2) is 47.2 Å². The number of carboxylic acid groups (broad SMARTS) is 1. The Morgan fingerprint density at radius 2 is 1.47 bits per heavy atom. The van der Waals surface area contributed by atoms with Gasteiger partial charge in [-0.25, -0.2) is 13.9 Å².